The number of rotatable bonds is 8. The first kappa shape index (κ1) is 22.7. The molecule has 1 atom stereocenters. The van der Waals surface area contributed by atoms with Crippen LogP contribution in [-0.2, 0) is 11.2 Å². The normalized spacial score (nSPS) is 11.7. The Bertz CT molecular complexity index is 613. The van der Waals surface area contributed by atoms with Gasteiger partial charge in [0.25, 0.3) is 0 Å². The van der Waals surface area contributed by atoms with Crippen molar-refractivity contribution in [3.05, 3.63) is 36.0 Å². The smallest absolute Gasteiger partial charge is 0.237 e. The van der Waals surface area contributed by atoms with Crippen LogP contribution in [0.1, 0.15) is 19.4 Å². The third kappa shape index (κ3) is 5.98. The van der Waals surface area contributed by atoms with E-state index in [0.717, 1.165) is 36.1 Å². The molecule has 0 radical (unpaired) electrons. The summed E-state index contributed by atoms with van der Waals surface area (Å²) in [7, 11) is 0. The molecule has 2 aromatic rings. The van der Waals surface area contributed by atoms with Crippen LogP contribution in [0.5, 0.6) is 0 Å². The van der Waals surface area contributed by atoms with Crippen molar-refractivity contribution in [1.29, 1.82) is 0 Å². The quantitative estimate of drug-likeness (QED) is 0.663. The summed E-state index contributed by atoms with van der Waals surface area (Å²) >= 11 is 0. The Hall–Kier alpha value is -1.27. The van der Waals surface area contributed by atoms with E-state index in [1.807, 2.05) is 30.5 Å². The van der Waals surface area contributed by atoms with E-state index in [1.54, 1.807) is 0 Å². The minimum absolute atomic E-state index is 0. The highest BCUT2D eigenvalue weighted by molar-refractivity contribution is 5.86. The van der Waals surface area contributed by atoms with Gasteiger partial charge in [0.15, 0.2) is 0 Å². The molecule has 7 heteroatoms. The lowest BCUT2D eigenvalue weighted by Gasteiger charge is -2.19. The maximum absolute atomic E-state index is 12.1. The second-order valence-electron chi connectivity index (χ2n) is 5.49. The molecule has 1 aromatic heterocycles. The Labute approximate surface area is 156 Å². The number of hydrogen-bond acceptors (Lipinski definition) is 3. The largest absolute Gasteiger partial charge is 0.361 e. The minimum Gasteiger partial charge on any atom is -0.361 e. The van der Waals surface area contributed by atoms with Gasteiger partial charge in [-0.3, -0.25) is 4.79 Å². The summed E-state index contributed by atoms with van der Waals surface area (Å²) in [6, 6.07) is 7.54. The molecule has 0 unspecified atom stereocenters. The number of amides is 1. The summed E-state index contributed by atoms with van der Waals surface area (Å²) < 4.78 is 0. The summed E-state index contributed by atoms with van der Waals surface area (Å²) in [5.74, 6) is -0.0857. The number of aromatic amines is 1. The molecule has 0 bridgehead atoms. The molecule has 24 heavy (non-hydrogen) atoms. The average Bonchev–Trinajstić information content (AvgIpc) is 2.94. The van der Waals surface area contributed by atoms with Gasteiger partial charge in [-0.2, -0.15) is 0 Å². The van der Waals surface area contributed by atoms with Crippen LogP contribution in [0.4, 0.5) is 0 Å². The topological polar surface area (TPSA) is 74.2 Å². The number of nitrogens with one attached hydrogen (secondary N) is 2. The number of aromatic nitrogens is 1. The summed E-state index contributed by atoms with van der Waals surface area (Å²) in [5, 5.41) is 4.06. The van der Waals surface area contributed by atoms with E-state index < -0.39 is 6.04 Å². The van der Waals surface area contributed by atoms with E-state index in [9.17, 15) is 4.79 Å². The van der Waals surface area contributed by atoms with Gasteiger partial charge < -0.3 is 20.9 Å². The molecule has 0 aliphatic carbocycles. The number of carbonyl (C=O) groups is 1. The number of likely N-dealkylation sites (N-methyl/N-ethyl adjacent to an activating group) is 1. The lowest BCUT2D eigenvalue weighted by molar-refractivity contribution is -0.122. The molecule has 0 spiro atoms. The number of hydrogen-bond donors (Lipinski definition) is 3. The second-order valence-corrected chi connectivity index (χ2v) is 5.49. The molecule has 1 aromatic carbocycles. The van der Waals surface area contributed by atoms with Crippen LogP contribution in [0.15, 0.2) is 30.5 Å². The number of fused-ring (bicyclic) bond motifs is 1. The minimum atomic E-state index is -0.518. The van der Waals surface area contributed by atoms with Crippen molar-refractivity contribution in [2.24, 2.45) is 5.73 Å². The van der Waals surface area contributed by atoms with Crippen LogP contribution in [-0.4, -0.2) is 48.0 Å². The Kier molecular flexibility index (Phi) is 10.7. The van der Waals surface area contributed by atoms with Gasteiger partial charge in [0.05, 0.1) is 6.04 Å². The standard InChI is InChI=1S/C17H26N4O.2ClH/c1-3-21(4-2)10-9-19-17(22)15(18)11-13-12-20-16-8-6-5-7-14(13)16;;/h5-8,12,15,20H,3-4,9-11,18H2,1-2H3,(H,19,22);2*1H/t15-;;/m0../s1. The number of nitrogens with two attached hydrogens (primary N) is 1. The second kappa shape index (κ2) is 11.3. The van der Waals surface area contributed by atoms with Gasteiger partial charge in [0, 0.05) is 30.2 Å². The van der Waals surface area contributed by atoms with Crippen LogP contribution in [0, 0.1) is 0 Å². The van der Waals surface area contributed by atoms with Gasteiger partial charge in [-0.15, -0.1) is 24.8 Å². The molecule has 0 fully saturated rings. The number of para-hydroxylation sites is 1. The number of benzene rings is 1. The molecular weight excluding hydrogens is 347 g/mol. The van der Waals surface area contributed by atoms with E-state index in [1.165, 1.54) is 0 Å². The average molecular weight is 375 g/mol. The molecule has 0 saturated heterocycles. The Morgan fingerprint density at radius 1 is 1.25 bits per heavy atom. The highest BCUT2D eigenvalue weighted by Gasteiger charge is 2.15. The molecule has 2 rings (SSSR count). The first-order chi connectivity index (χ1) is 10.7. The number of nitrogens with zero attached hydrogens (tertiary/aromatic N) is 1. The first-order valence-corrected chi connectivity index (χ1v) is 7.96. The fourth-order valence-electron chi connectivity index (χ4n) is 2.64. The van der Waals surface area contributed by atoms with Crippen molar-refractivity contribution in [2.75, 3.05) is 26.2 Å². The number of H-pyrrole nitrogens is 1. The fraction of sp³-hybridized carbons (Fsp3) is 0.471. The predicted molar refractivity (Wildman–Crippen MR) is 105 cm³/mol. The molecule has 1 heterocycles. The summed E-state index contributed by atoms with van der Waals surface area (Å²) in [5.41, 5.74) is 8.20. The molecule has 1 amide bonds. The van der Waals surface area contributed by atoms with E-state index in [0.29, 0.717) is 13.0 Å². The predicted octanol–water partition coefficient (Wildman–Crippen LogP) is 2.34. The third-order valence-corrected chi connectivity index (χ3v) is 4.07. The maximum Gasteiger partial charge on any atom is 0.237 e. The Morgan fingerprint density at radius 2 is 1.92 bits per heavy atom. The Balaban J connectivity index is 0.00000264. The van der Waals surface area contributed by atoms with Gasteiger partial charge in [0.1, 0.15) is 0 Å². The van der Waals surface area contributed by atoms with Crippen LogP contribution in [0.25, 0.3) is 10.9 Å². The molecule has 4 N–H and O–H groups in total. The van der Waals surface area contributed by atoms with Crippen molar-refractivity contribution >= 4 is 41.6 Å². The molecule has 5 nitrogen and oxygen atoms in total. The van der Waals surface area contributed by atoms with Gasteiger partial charge in [-0.25, -0.2) is 0 Å². The monoisotopic (exact) mass is 374 g/mol. The third-order valence-electron chi connectivity index (χ3n) is 4.07. The highest BCUT2D eigenvalue weighted by atomic mass is 35.5. The molecule has 0 aliphatic heterocycles. The lowest BCUT2D eigenvalue weighted by Crippen LogP contribution is -2.44. The van der Waals surface area contributed by atoms with E-state index in [4.69, 9.17) is 5.73 Å². The Morgan fingerprint density at radius 3 is 2.58 bits per heavy atom. The van der Waals surface area contributed by atoms with Crippen molar-refractivity contribution in [2.45, 2.75) is 26.3 Å². The van der Waals surface area contributed by atoms with Gasteiger partial charge >= 0.3 is 0 Å². The number of halogens is 2. The molecule has 0 saturated carbocycles. The van der Waals surface area contributed by atoms with Gasteiger partial charge in [0.2, 0.25) is 5.91 Å². The van der Waals surface area contributed by atoms with Crippen molar-refractivity contribution in [3.63, 3.8) is 0 Å². The van der Waals surface area contributed by atoms with Crippen molar-refractivity contribution in [3.8, 4) is 0 Å². The zero-order chi connectivity index (χ0) is 15.9. The van der Waals surface area contributed by atoms with Crippen molar-refractivity contribution < 1.29 is 4.79 Å². The van der Waals surface area contributed by atoms with Crippen LogP contribution in [0.3, 0.4) is 0 Å². The molecular formula is C17H28Cl2N4O. The zero-order valence-corrected chi connectivity index (χ0v) is 15.9. The van der Waals surface area contributed by atoms with Crippen LogP contribution >= 0.6 is 24.8 Å². The summed E-state index contributed by atoms with van der Waals surface area (Å²) in [6.07, 6.45) is 2.48. The zero-order valence-electron chi connectivity index (χ0n) is 14.2. The molecule has 136 valence electrons. The first-order valence-electron chi connectivity index (χ1n) is 7.96. The summed E-state index contributed by atoms with van der Waals surface area (Å²) in [4.78, 5) is 17.6. The van der Waals surface area contributed by atoms with Crippen molar-refractivity contribution in [1.82, 2.24) is 15.2 Å². The van der Waals surface area contributed by atoms with Crippen LogP contribution < -0.4 is 11.1 Å². The fourth-order valence-corrected chi connectivity index (χ4v) is 2.64. The highest BCUT2D eigenvalue weighted by Crippen LogP contribution is 2.18. The van der Waals surface area contributed by atoms with Gasteiger partial charge in [-0.1, -0.05) is 32.0 Å². The maximum atomic E-state index is 12.1. The van der Waals surface area contributed by atoms with E-state index in [-0.39, 0.29) is 30.7 Å². The van der Waals surface area contributed by atoms with Gasteiger partial charge in [-0.05, 0) is 31.1 Å². The molecule has 0 aliphatic rings. The SMILES string of the molecule is CCN(CC)CCNC(=O)[C@@H](N)Cc1c[nH]c2ccccc12.Cl.Cl. The van der Waals surface area contributed by atoms with E-state index in [2.05, 4.69) is 29.0 Å². The van der Waals surface area contributed by atoms with E-state index >= 15 is 0 Å². The summed E-state index contributed by atoms with van der Waals surface area (Å²) in [6.45, 7) is 7.73. The lowest BCUT2D eigenvalue weighted by atomic mass is 10.1. The van der Waals surface area contributed by atoms with Crippen LogP contribution in [0.2, 0.25) is 0 Å². The number of carbonyl (C=O) groups excluding carboxylic acids is 1.